The molecular formula is C19H20Cl2N2O5S. The van der Waals surface area contributed by atoms with Crippen LogP contribution >= 0.6 is 23.2 Å². The lowest BCUT2D eigenvalue weighted by atomic mass is 10.2. The summed E-state index contributed by atoms with van der Waals surface area (Å²) in [5.74, 6) is 0.290. The quantitative estimate of drug-likeness (QED) is 0.711. The second kappa shape index (κ2) is 8.79. The van der Waals surface area contributed by atoms with Crippen molar-refractivity contribution in [3.05, 3.63) is 46.4 Å². The lowest BCUT2D eigenvalue weighted by Crippen LogP contribution is -2.43. The molecule has 29 heavy (non-hydrogen) atoms. The predicted octanol–water partition coefficient (Wildman–Crippen LogP) is 3.80. The fraction of sp³-hybridized carbons (Fsp3) is 0.316. The molecule has 1 saturated heterocycles. The Balaban J connectivity index is 1.86. The molecule has 0 aliphatic carbocycles. The van der Waals surface area contributed by atoms with Gasteiger partial charge in [0.2, 0.25) is 15.9 Å². The van der Waals surface area contributed by atoms with E-state index in [2.05, 4.69) is 5.32 Å². The van der Waals surface area contributed by atoms with Gasteiger partial charge in [0.05, 0.1) is 29.8 Å². The zero-order valence-electron chi connectivity index (χ0n) is 15.8. The largest absolute Gasteiger partial charge is 0.495 e. The Labute approximate surface area is 179 Å². The normalized spacial score (nSPS) is 17.2. The monoisotopic (exact) mass is 458 g/mol. The summed E-state index contributed by atoms with van der Waals surface area (Å²) in [4.78, 5) is 13.0. The maximum atomic E-state index is 13.0. The fourth-order valence-electron chi connectivity index (χ4n) is 3.21. The van der Waals surface area contributed by atoms with Crippen LogP contribution in [0.3, 0.4) is 0 Å². The van der Waals surface area contributed by atoms with E-state index in [1.807, 2.05) is 0 Å². The Kier molecular flexibility index (Phi) is 6.58. The summed E-state index contributed by atoms with van der Waals surface area (Å²) < 4.78 is 37.7. The third-order valence-corrected chi connectivity index (χ3v) is 7.13. The Hall–Kier alpha value is -2.00. The highest BCUT2D eigenvalue weighted by Gasteiger charge is 2.39. The molecule has 10 heteroatoms. The van der Waals surface area contributed by atoms with E-state index in [4.69, 9.17) is 32.7 Å². The third-order valence-electron chi connectivity index (χ3n) is 4.66. The van der Waals surface area contributed by atoms with Crippen LogP contribution in [-0.2, 0) is 14.8 Å². The first kappa shape index (κ1) is 21.7. The van der Waals surface area contributed by atoms with Crippen LogP contribution in [-0.4, -0.2) is 45.4 Å². The van der Waals surface area contributed by atoms with Gasteiger partial charge in [-0.2, -0.15) is 4.31 Å². The summed E-state index contributed by atoms with van der Waals surface area (Å²) in [6.07, 6.45) is 0.982. The van der Waals surface area contributed by atoms with Crippen molar-refractivity contribution in [2.45, 2.75) is 23.8 Å². The van der Waals surface area contributed by atoms with Gasteiger partial charge in [0, 0.05) is 17.6 Å². The van der Waals surface area contributed by atoms with E-state index in [0.29, 0.717) is 40.1 Å². The van der Waals surface area contributed by atoms with Crippen LogP contribution in [0.2, 0.25) is 10.0 Å². The number of nitrogens with one attached hydrogen (secondary N) is 1. The van der Waals surface area contributed by atoms with Crippen LogP contribution in [0.1, 0.15) is 12.8 Å². The molecule has 0 aromatic heterocycles. The Morgan fingerprint density at radius 1 is 1.10 bits per heavy atom. The van der Waals surface area contributed by atoms with E-state index in [0.717, 1.165) is 0 Å². The molecule has 7 nitrogen and oxygen atoms in total. The molecule has 1 N–H and O–H groups in total. The Morgan fingerprint density at radius 3 is 2.38 bits per heavy atom. The second-order valence-corrected chi connectivity index (χ2v) is 9.14. The van der Waals surface area contributed by atoms with E-state index in [1.165, 1.54) is 48.9 Å². The minimum Gasteiger partial charge on any atom is -0.495 e. The Morgan fingerprint density at radius 2 is 1.76 bits per heavy atom. The molecule has 0 saturated carbocycles. The molecule has 1 aliphatic heterocycles. The van der Waals surface area contributed by atoms with Crippen molar-refractivity contribution in [1.82, 2.24) is 4.31 Å². The van der Waals surface area contributed by atoms with Crippen molar-refractivity contribution in [3.8, 4) is 11.5 Å². The van der Waals surface area contributed by atoms with Crippen LogP contribution in [0.25, 0.3) is 0 Å². The van der Waals surface area contributed by atoms with Gasteiger partial charge in [-0.1, -0.05) is 23.2 Å². The van der Waals surface area contributed by atoms with E-state index in [-0.39, 0.29) is 11.4 Å². The summed E-state index contributed by atoms with van der Waals surface area (Å²) in [6, 6.07) is 8.07. The zero-order chi connectivity index (χ0) is 21.2. The fourth-order valence-corrected chi connectivity index (χ4v) is 5.23. The molecule has 0 spiro atoms. The molecule has 1 amide bonds. The molecule has 1 heterocycles. The highest BCUT2D eigenvalue weighted by molar-refractivity contribution is 7.89. The minimum absolute atomic E-state index is 0.0895. The van der Waals surface area contributed by atoms with Gasteiger partial charge < -0.3 is 14.8 Å². The number of hydrogen-bond acceptors (Lipinski definition) is 5. The second-order valence-electron chi connectivity index (χ2n) is 6.40. The van der Waals surface area contributed by atoms with E-state index in [1.54, 1.807) is 6.07 Å². The van der Waals surface area contributed by atoms with Gasteiger partial charge >= 0.3 is 0 Å². The van der Waals surface area contributed by atoms with Crippen molar-refractivity contribution < 1.29 is 22.7 Å². The number of methoxy groups -OCH3 is 2. The minimum atomic E-state index is -3.84. The Bertz CT molecular complexity index is 1010. The zero-order valence-corrected chi connectivity index (χ0v) is 18.1. The van der Waals surface area contributed by atoms with Crippen molar-refractivity contribution in [2.75, 3.05) is 26.1 Å². The van der Waals surface area contributed by atoms with Gasteiger partial charge in [-0.05, 0) is 43.2 Å². The van der Waals surface area contributed by atoms with Gasteiger partial charge in [-0.3, -0.25) is 4.79 Å². The van der Waals surface area contributed by atoms with Crippen molar-refractivity contribution >= 4 is 44.8 Å². The molecule has 1 atom stereocenters. The smallest absolute Gasteiger partial charge is 0.243 e. The number of anilines is 1. The summed E-state index contributed by atoms with van der Waals surface area (Å²) >= 11 is 12.0. The highest BCUT2D eigenvalue weighted by atomic mass is 35.5. The van der Waals surface area contributed by atoms with E-state index >= 15 is 0 Å². The number of nitrogens with zero attached hydrogens (tertiary/aromatic N) is 1. The number of halogens is 2. The van der Waals surface area contributed by atoms with Crippen molar-refractivity contribution in [1.29, 1.82) is 0 Å². The SMILES string of the molecule is COc1cc(OC)c(NC(=O)[C@@H]2CCCN2S(=O)(=O)c2ccc(Cl)cc2)cc1Cl. The highest BCUT2D eigenvalue weighted by Crippen LogP contribution is 2.36. The molecule has 3 rings (SSSR count). The molecule has 0 unspecified atom stereocenters. The van der Waals surface area contributed by atoms with Crippen molar-refractivity contribution in [3.63, 3.8) is 0 Å². The first-order valence-electron chi connectivity index (χ1n) is 8.77. The number of rotatable bonds is 6. The van der Waals surface area contributed by atoms with Crippen molar-refractivity contribution in [2.24, 2.45) is 0 Å². The molecular weight excluding hydrogens is 439 g/mol. The molecule has 1 fully saturated rings. The topological polar surface area (TPSA) is 84.9 Å². The van der Waals surface area contributed by atoms with E-state index in [9.17, 15) is 13.2 Å². The first-order valence-corrected chi connectivity index (χ1v) is 11.0. The van der Waals surface area contributed by atoms with Gasteiger partial charge in [-0.15, -0.1) is 0 Å². The predicted molar refractivity (Wildman–Crippen MR) is 112 cm³/mol. The third kappa shape index (κ3) is 4.45. The number of carbonyl (C=O) groups is 1. The number of ether oxygens (including phenoxy) is 2. The van der Waals surface area contributed by atoms with Gasteiger partial charge in [-0.25, -0.2) is 8.42 Å². The average Bonchev–Trinajstić information content (AvgIpc) is 3.19. The number of benzene rings is 2. The molecule has 0 radical (unpaired) electrons. The van der Waals surface area contributed by atoms with Crippen LogP contribution in [0, 0.1) is 0 Å². The number of carbonyl (C=O) groups excluding carboxylic acids is 1. The van der Waals surface area contributed by atoms with Gasteiger partial charge in [0.25, 0.3) is 0 Å². The molecule has 2 aromatic carbocycles. The summed E-state index contributed by atoms with van der Waals surface area (Å²) in [6.45, 7) is 0.254. The maximum absolute atomic E-state index is 13.0. The number of hydrogen-bond donors (Lipinski definition) is 1. The van der Waals surface area contributed by atoms with E-state index < -0.39 is 22.0 Å². The summed E-state index contributed by atoms with van der Waals surface area (Å²) in [5.41, 5.74) is 0.332. The average molecular weight is 459 g/mol. The van der Waals surface area contributed by atoms with Crippen LogP contribution < -0.4 is 14.8 Å². The molecule has 156 valence electrons. The van der Waals surface area contributed by atoms with Crippen LogP contribution in [0.4, 0.5) is 5.69 Å². The van der Waals surface area contributed by atoms with Crippen LogP contribution in [0.15, 0.2) is 41.3 Å². The lowest BCUT2D eigenvalue weighted by Gasteiger charge is -2.24. The number of sulfonamides is 1. The van der Waals surface area contributed by atoms with Gasteiger partial charge in [0.1, 0.15) is 17.5 Å². The summed E-state index contributed by atoms with van der Waals surface area (Å²) in [5, 5.41) is 3.45. The summed E-state index contributed by atoms with van der Waals surface area (Å²) in [7, 11) is -0.921. The lowest BCUT2D eigenvalue weighted by molar-refractivity contribution is -0.119. The first-order chi connectivity index (χ1) is 13.8. The van der Waals surface area contributed by atoms with Gasteiger partial charge in [0.15, 0.2) is 0 Å². The molecule has 2 aromatic rings. The molecule has 1 aliphatic rings. The molecule has 0 bridgehead atoms. The maximum Gasteiger partial charge on any atom is 0.243 e. The standard InChI is InChI=1S/C19H20Cl2N2O5S/c1-27-17-11-18(28-2)15(10-14(17)21)22-19(24)16-4-3-9-23(16)29(25,26)13-7-5-12(20)6-8-13/h5-8,10-11,16H,3-4,9H2,1-2H3,(H,22,24)/t16-/m0/s1. The number of amides is 1. The van der Waals surface area contributed by atoms with Crippen LogP contribution in [0.5, 0.6) is 11.5 Å².